The Bertz CT molecular complexity index is 337. The third kappa shape index (κ3) is 2.61. The lowest BCUT2D eigenvalue weighted by Gasteiger charge is -2.25. The number of anilines is 2. The van der Waals surface area contributed by atoms with Crippen LogP contribution in [0.3, 0.4) is 0 Å². The molecule has 2 rings (SSSR count). The van der Waals surface area contributed by atoms with Crippen molar-refractivity contribution < 1.29 is 0 Å². The van der Waals surface area contributed by atoms with Crippen molar-refractivity contribution in [1.29, 1.82) is 0 Å². The molecule has 0 aromatic carbocycles. The Balaban J connectivity index is 2.09. The van der Waals surface area contributed by atoms with Crippen molar-refractivity contribution in [2.75, 3.05) is 35.3 Å². The van der Waals surface area contributed by atoms with Crippen molar-refractivity contribution in [2.45, 2.75) is 19.4 Å². The SMILES string of the molecule is CCNc1cccc(N(C)C2CCSC2)n1. The highest BCUT2D eigenvalue weighted by atomic mass is 32.2. The minimum atomic E-state index is 0.648. The molecular formula is C12H19N3S. The van der Waals surface area contributed by atoms with Crippen molar-refractivity contribution in [2.24, 2.45) is 0 Å². The number of nitrogens with one attached hydrogen (secondary N) is 1. The molecule has 0 aliphatic carbocycles. The molecule has 2 heterocycles. The Kier molecular flexibility index (Phi) is 3.93. The quantitative estimate of drug-likeness (QED) is 0.870. The van der Waals surface area contributed by atoms with Crippen molar-refractivity contribution in [1.82, 2.24) is 4.98 Å². The minimum absolute atomic E-state index is 0.648. The Morgan fingerprint density at radius 2 is 2.44 bits per heavy atom. The van der Waals surface area contributed by atoms with Crippen LogP contribution in [0.15, 0.2) is 18.2 Å². The largest absolute Gasteiger partial charge is 0.370 e. The summed E-state index contributed by atoms with van der Waals surface area (Å²) in [6, 6.07) is 6.82. The zero-order valence-electron chi connectivity index (χ0n) is 9.94. The molecule has 4 heteroatoms. The molecular weight excluding hydrogens is 218 g/mol. The molecule has 1 N–H and O–H groups in total. The van der Waals surface area contributed by atoms with Crippen LogP contribution in [-0.4, -0.2) is 36.1 Å². The lowest BCUT2D eigenvalue weighted by Crippen LogP contribution is -2.32. The average Bonchev–Trinajstić information content (AvgIpc) is 2.82. The molecule has 1 aromatic heterocycles. The number of hydrogen-bond acceptors (Lipinski definition) is 4. The maximum atomic E-state index is 4.61. The molecule has 0 bridgehead atoms. The van der Waals surface area contributed by atoms with E-state index in [-0.39, 0.29) is 0 Å². The van der Waals surface area contributed by atoms with E-state index < -0.39 is 0 Å². The smallest absolute Gasteiger partial charge is 0.130 e. The summed E-state index contributed by atoms with van der Waals surface area (Å²) in [5.41, 5.74) is 0. The Morgan fingerprint density at radius 3 is 3.12 bits per heavy atom. The van der Waals surface area contributed by atoms with Gasteiger partial charge >= 0.3 is 0 Å². The number of hydrogen-bond donors (Lipinski definition) is 1. The Labute approximate surface area is 102 Å². The first-order chi connectivity index (χ1) is 7.81. The normalized spacial score (nSPS) is 19.8. The van der Waals surface area contributed by atoms with Crippen molar-refractivity contribution in [3.63, 3.8) is 0 Å². The highest BCUT2D eigenvalue weighted by molar-refractivity contribution is 7.99. The van der Waals surface area contributed by atoms with Crippen LogP contribution < -0.4 is 10.2 Å². The molecule has 88 valence electrons. The molecule has 1 aromatic rings. The minimum Gasteiger partial charge on any atom is -0.370 e. The molecule has 3 nitrogen and oxygen atoms in total. The second-order valence-corrected chi connectivity index (χ2v) is 5.19. The predicted molar refractivity (Wildman–Crippen MR) is 72.5 cm³/mol. The Morgan fingerprint density at radius 1 is 1.56 bits per heavy atom. The summed E-state index contributed by atoms with van der Waals surface area (Å²) in [4.78, 5) is 6.92. The first kappa shape index (κ1) is 11.6. The van der Waals surface area contributed by atoms with E-state index in [9.17, 15) is 0 Å². The van der Waals surface area contributed by atoms with Crippen molar-refractivity contribution in [3.8, 4) is 0 Å². The standard InChI is InChI=1S/C12H19N3S/c1-3-13-11-5-4-6-12(14-11)15(2)10-7-8-16-9-10/h4-6,10H,3,7-9H2,1-2H3,(H,13,14). The van der Waals surface area contributed by atoms with Gasteiger partial charge in [0.1, 0.15) is 11.6 Å². The molecule has 0 amide bonds. The van der Waals surface area contributed by atoms with Crippen LogP contribution in [0.2, 0.25) is 0 Å². The highest BCUT2D eigenvalue weighted by Crippen LogP contribution is 2.25. The summed E-state index contributed by atoms with van der Waals surface area (Å²) in [5.74, 6) is 4.55. The summed E-state index contributed by atoms with van der Waals surface area (Å²) >= 11 is 2.03. The van der Waals surface area contributed by atoms with Crippen LogP contribution >= 0.6 is 11.8 Å². The lowest BCUT2D eigenvalue weighted by molar-refractivity contribution is 0.692. The summed E-state index contributed by atoms with van der Waals surface area (Å²) in [6.07, 6.45) is 1.27. The zero-order valence-corrected chi connectivity index (χ0v) is 10.8. The number of pyridine rings is 1. The maximum absolute atomic E-state index is 4.61. The van der Waals surface area contributed by atoms with Gasteiger partial charge in [-0.3, -0.25) is 0 Å². The Hall–Kier alpha value is -0.900. The highest BCUT2D eigenvalue weighted by Gasteiger charge is 2.20. The van der Waals surface area contributed by atoms with Crippen LogP contribution in [0.1, 0.15) is 13.3 Å². The maximum Gasteiger partial charge on any atom is 0.130 e. The van der Waals surface area contributed by atoms with Gasteiger partial charge in [-0.05, 0) is 31.2 Å². The van der Waals surface area contributed by atoms with E-state index >= 15 is 0 Å². The first-order valence-corrected chi connectivity index (χ1v) is 6.98. The molecule has 1 atom stereocenters. The molecule has 0 radical (unpaired) electrons. The van der Waals surface area contributed by atoms with Crippen LogP contribution in [0, 0.1) is 0 Å². The monoisotopic (exact) mass is 237 g/mol. The van der Waals surface area contributed by atoms with Gasteiger partial charge in [0, 0.05) is 25.4 Å². The van der Waals surface area contributed by atoms with Gasteiger partial charge in [-0.15, -0.1) is 0 Å². The van der Waals surface area contributed by atoms with E-state index in [2.05, 4.69) is 41.3 Å². The fourth-order valence-corrected chi connectivity index (χ4v) is 3.18. The summed E-state index contributed by atoms with van der Waals surface area (Å²) in [6.45, 7) is 3.01. The van der Waals surface area contributed by atoms with Gasteiger partial charge in [0.15, 0.2) is 0 Å². The molecule has 1 unspecified atom stereocenters. The van der Waals surface area contributed by atoms with E-state index in [4.69, 9.17) is 0 Å². The van der Waals surface area contributed by atoms with E-state index in [1.807, 2.05) is 17.8 Å². The van der Waals surface area contributed by atoms with E-state index in [1.165, 1.54) is 17.9 Å². The van der Waals surface area contributed by atoms with Gasteiger partial charge in [-0.2, -0.15) is 11.8 Å². The molecule has 0 saturated carbocycles. The predicted octanol–water partition coefficient (Wildman–Crippen LogP) is 2.46. The van der Waals surface area contributed by atoms with Gasteiger partial charge in [-0.1, -0.05) is 6.07 Å². The number of rotatable bonds is 4. The van der Waals surface area contributed by atoms with E-state index in [0.29, 0.717) is 6.04 Å². The van der Waals surface area contributed by atoms with Gasteiger partial charge in [0.25, 0.3) is 0 Å². The van der Waals surface area contributed by atoms with Gasteiger partial charge < -0.3 is 10.2 Å². The van der Waals surface area contributed by atoms with Crippen LogP contribution in [0.5, 0.6) is 0 Å². The first-order valence-electron chi connectivity index (χ1n) is 5.82. The van der Waals surface area contributed by atoms with Gasteiger partial charge in [-0.25, -0.2) is 4.98 Å². The second-order valence-electron chi connectivity index (χ2n) is 4.04. The molecule has 1 fully saturated rings. The zero-order chi connectivity index (χ0) is 11.4. The molecule has 1 saturated heterocycles. The second kappa shape index (κ2) is 5.43. The number of thioether (sulfide) groups is 1. The van der Waals surface area contributed by atoms with Gasteiger partial charge in [0.05, 0.1) is 0 Å². The summed E-state index contributed by atoms with van der Waals surface area (Å²) < 4.78 is 0. The van der Waals surface area contributed by atoms with Crippen LogP contribution in [0.4, 0.5) is 11.6 Å². The summed E-state index contributed by atoms with van der Waals surface area (Å²) in [5, 5.41) is 3.25. The topological polar surface area (TPSA) is 28.2 Å². The van der Waals surface area contributed by atoms with E-state index in [1.54, 1.807) is 0 Å². The molecule has 1 aliphatic rings. The fraction of sp³-hybridized carbons (Fsp3) is 0.583. The molecule has 16 heavy (non-hydrogen) atoms. The fourth-order valence-electron chi connectivity index (χ4n) is 1.91. The third-order valence-corrected chi connectivity index (χ3v) is 4.05. The third-order valence-electron chi connectivity index (χ3n) is 2.91. The summed E-state index contributed by atoms with van der Waals surface area (Å²) in [7, 11) is 2.15. The van der Waals surface area contributed by atoms with Crippen LogP contribution in [0.25, 0.3) is 0 Å². The van der Waals surface area contributed by atoms with Crippen molar-refractivity contribution >= 4 is 23.4 Å². The number of nitrogens with zero attached hydrogens (tertiary/aromatic N) is 2. The van der Waals surface area contributed by atoms with Gasteiger partial charge in [0.2, 0.25) is 0 Å². The molecule has 0 spiro atoms. The van der Waals surface area contributed by atoms with E-state index in [0.717, 1.165) is 18.2 Å². The van der Waals surface area contributed by atoms with Crippen LogP contribution in [-0.2, 0) is 0 Å². The lowest BCUT2D eigenvalue weighted by atomic mass is 10.2. The number of aromatic nitrogens is 1. The average molecular weight is 237 g/mol. The molecule has 1 aliphatic heterocycles. The van der Waals surface area contributed by atoms with Crippen molar-refractivity contribution in [3.05, 3.63) is 18.2 Å².